The van der Waals surface area contributed by atoms with E-state index in [0.717, 1.165) is 0 Å². The van der Waals surface area contributed by atoms with Crippen LogP contribution in [0.15, 0.2) is 53.4 Å². The lowest BCUT2D eigenvalue weighted by atomic mass is 9.98. The zero-order valence-corrected chi connectivity index (χ0v) is 18.1. The number of amides is 2. The molecule has 166 valence electrons. The minimum absolute atomic E-state index is 0.0888. The normalized spacial score (nSPS) is 16.9. The first-order chi connectivity index (χ1) is 14.8. The van der Waals surface area contributed by atoms with Crippen molar-refractivity contribution in [3.05, 3.63) is 48.5 Å². The van der Waals surface area contributed by atoms with Crippen LogP contribution in [0.2, 0.25) is 0 Å². The molecule has 0 unspecified atom stereocenters. The number of piperidine rings is 1. The first-order valence-electron chi connectivity index (χ1n) is 9.74. The van der Waals surface area contributed by atoms with Gasteiger partial charge in [-0.25, -0.2) is 13.2 Å². The predicted molar refractivity (Wildman–Crippen MR) is 116 cm³/mol. The van der Waals surface area contributed by atoms with E-state index in [2.05, 4.69) is 15.4 Å². The second-order valence-corrected chi connectivity index (χ2v) is 8.97. The maximum atomic E-state index is 13.1. The van der Waals surface area contributed by atoms with Crippen LogP contribution in [0.4, 0.5) is 16.2 Å². The first-order valence-corrected chi connectivity index (χ1v) is 11.2. The molecule has 1 atom stereocenters. The monoisotopic (exact) mass is 447 g/mol. The van der Waals surface area contributed by atoms with E-state index in [1.54, 1.807) is 24.3 Å². The summed E-state index contributed by atoms with van der Waals surface area (Å²) in [5.41, 5.74) is 0.960. The second kappa shape index (κ2) is 9.80. The van der Waals surface area contributed by atoms with Crippen molar-refractivity contribution < 1.29 is 27.5 Å². The highest BCUT2D eigenvalue weighted by molar-refractivity contribution is 7.89. The van der Waals surface area contributed by atoms with Gasteiger partial charge in [-0.15, -0.1) is 0 Å². The second-order valence-electron chi connectivity index (χ2n) is 7.03. The number of methoxy groups -OCH3 is 2. The molecule has 1 saturated heterocycles. The van der Waals surface area contributed by atoms with Gasteiger partial charge < -0.3 is 14.8 Å². The molecule has 2 aromatic rings. The van der Waals surface area contributed by atoms with E-state index >= 15 is 0 Å². The third-order valence-electron chi connectivity index (χ3n) is 5.04. The van der Waals surface area contributed by atoms with Crippen LogP contribution in [0.1, 0.15) is 12.8 Å². The summed E-state index contributed by atoms with van der Waals surface area (Å²) in [6, 6.07) is 12.9. The Kier molecular flexibility index (Phi) is 7.13. The molecule has 0 radical (unpaired) electrons. The van der Waals surface area contributed by atoms with Gasteiger partial charge in [0.25, 0.3) is 0 Å². The highest BCUT2D eigenvalue weighted by Gasteiger charge is 2.33. The van der Waals surface area contributed by atoms with Crippen LogP contribution < -0.4 is 15.4 Å². The number of para-hydroxylation sites is 2. The van der Waals surface area contributed by atoms with Gasteiger partial charge in [0, 0.05) is 18.8 Å². The van der Waals surface area contributed by atoms with Crippen molar-refractivity contribution in [3.8, 4) is 5.75 Å². The maximum Gasteiger partial charge on any atom is 0.411 e. The number of nitrogens with zero attached hydrogens (tertiary/aromatic N) is 1. The lowest BCUT2D eigenvalue weighted by Crippen LogP contribution is -2.43. The lowest BCUT2D eigenvalue weighted by molar-refractivity contribution is -0.120. The van der Waals surface area contributed by atoms with Gasteiger partial charge in [0.1, 0.15) is 5.75 Å². The van der Waals surface area contributed by atoms with Gasteiger partial charge in [0.15, 0.2) is 0 Å². The Morgan fingerprint density at radius 1 is 1.03 bits per heavy atom. The molecule has 31 heavy (non-hydrogen) atoms. The van der Waals surface area contributed by atoms with Crippen LogP contribution in [-0.4, -0.2) is 52.0 Å². The standard InChI is InChI=1S/C21H25N3O6S/c1-29-19-8-4-3-7-18(19)23-20(25)15-6-5-13-24(14-15)31(27,28)17-11-9-16(10-12-17)22-21(26)30-2/h3-4,7-12,15H,5-6,13-14H2,1-2H3,(H,22,26)(H,23,25)/t15-/m1/s1. The van der Waals surface area contributed by atoms with Crippen LogP contribution in [0, 0.1) is 5.92 Å². The van der Waals surface area contributed by atoms with E-state index in [4.69, 9.17) is 4.74 Å². The zero-order chi connectivity index (χ0) is 22.4. The number of hydrogen-bond acceptors (Lipinski definition) is 6. The van der Waals surface area contributed by atoms with Crippen LogP contribution in [0.5, 0.6) is 5.75 Å². The third kappa shape index (κ3) is 5.33. The molecule has 0 spiro atoms. The molecule has 2 amide bonds. The molecular formula is C21H25N3O6S. The van der Waals surface area contributed by atoms with Crippen molar-refractivity contribution in [2.45, 2.75) is 17.7 Å². The molecule has 3 rings (SSSR count). The molecule has 0 saturated carbocycles. The number of ether oxygens (including phenoxy) is 2. The third-order valence-corrected chi connectivity index (χ3v) is 6.92. The Morgan fingerprint density at radius 3 is 2.42 bits per heavy atom. The topological polar surface area (TPSA) is 114 Å². The molecule has 2 N–H and O–H groups in total. The van der Waals surface area contributed by atoms with Gasteiger partial charge in [0.2, 0.25) is 15.9 Å². The number of benzene rings is 2. The van der Waals surface area contributed by atoms with Crippen molar-refractivity contribution in [2.24, 2.45) is 5.92 Å². The smallest absolute Gasteiger partial charge is 0.411 e. The summed E-state index contributed by atoms with van der Waals surface area (Å²) < 4.78 is 37.2. The van der Waals surface area contributed by atoms with E-state index in [9.17, 15) is 18.0 Å². The number of nitrogens with one attached hydrogen (secondary N) is 2. The first kappa shape index (κ1) is 22.6. The number of carbonyl (C=O) groups is 2. The Balaban J connectivity index is 1.70. The number of rotatable bonds is 6. The summed E-state index contributed by atoms with van der Waals surface area (Å²) in [6.07, 6.45) is 0.524. The molecule has 1 heterocycles. The summed E-state index contributed by atoms with van der Waals surface area (Å²) in [5, 5.41) is 5.31. The lowest BCUT2D eigenvalue weighted by Gasteiger charge is -2.31. The van der Waals surface area contributed by atoms with E-state index < -0.39 is 22.0 Å². The maximum absolute atomic E-state index is 13.1. The average Bonchev–Trinajstić information content (AvgIpc) is 2.79. The predicted octanol–water partition coefficient (Wildman–Crippen LogP) is 2.91. The van der Waals surface area contributed by atoms with Crippen molar-refractivity contribution in [2.75, 3.05) is 37.9 Å². The summed E-state index contributed by atoms with van der Waals surface area (Å²) in [6.45, 7) is 0.425. The zero-order valence-electron chi connectivity index (χ0n) is 17.3. The minimum Gasteiger partial charge on any atom is -0.495 e. The molecule has 9 nitrogen and oxygen atoms in total. The van der Waals surface area contributed by atoms with E-state index in [1.807, 2.05) is 0 Å². The Bertz CT molecular complexity index is 1040. The molecule has 0 bridgehead atoms. The van der Waals surface area contributed by atoms with Gasteiger partial charge in [-0.05, 0) is 49.2 Å². The van der Waals surface area contributed by atoms with E-state index in [-0.39, 0.29) is 17.3 Å². The highest BCUT2D eigenvalue weighted by Crippen LogP contribution is 2.28. The molecule has 0 aromatic heterocycles. The fraction of sp³-hybridized carbons (Fsp3) is 0.333. The number of carbonyl (C=O) groups excluding carboxylic acids is 2. The SMILES string of the molecule is COC(=O)Nc1ccc(S(=O)(=O)N2CCC[C@@H](C(=O)Nc3ccccc3OC)C2)cc1. The van der Waals surface area contributed by atoms with E-state index in [0.29, 0.717) is 36.5 Å². The van der Waals surface area contributed by atoms with Crippen molar-refractivity contribution >= 4 is 33.4 Å². The number of anilines is 2. The fourth-order valence-electron chi connectivity index (χ4n) is 3.39. The summed E-state index contributed by atoms with van der Waals surface area (Å²) >= 11 is 0. The molecule has 0 aliphatic carbocycles. The van der Waals surface area contributed by atoms with Crippen LogP contribution in [-0.2, 0) is 19.6 Å². The fourth-order valence-corrected chi connectivity index (χ4v) is 4.91. The summed E-state index contributed by atoms with van der Waals surface area (Å²) in [7, 11) is -1.02. The summed E-state index contributed by atoms with van der Waals surface area (Å²) in [4.78, 5) is 24.1. The van der Waals surface area contributed by atoms with Crippen LogP contribution >= 0.6 is 0 Å². The molecule has 10 heteroatoms. The van der Waals surface area contributed by atoms with Crippen molar-refractivity contribution in [3.63, 3.8) is 0 Å². The number of hydrogen-bond donors (Lipinski definition) is 2. The largest absolute Gasteiger partial charge is 0.495 e. The molecule has 1 aliphatic heterocycles. The molecule has 1 aliphatic rings. The van der Waals surface area contributed by atoms with Gasteiger partial charge in [-0.3, -0.25) is 10.1 Å². The van der Waals surface area contributed by atoms with Crippen molar-refractivity contribution in [1.82, 2.24) is 4.31 Å². The Hall–Kier alpha value is -3.11. The Morgan fingerprint density at radius 2 is 1.74 bits per heavy atom. The van der Waals surface area contributed by atoms with Gasteiger partial charge in [-0.1, -0.05) is 12.1 Å². The molecule has 1 fully saturated rings. The van der Waals surface area contributed by atoms with Gasteiger partial charge in [0.05, 0.1) is 30.7 Å². The Labute approximate surface area is 181 Å². The van der Waals surface area contributed by atoms with E-state index in [1.165, 1.54) is 42.8 Å². The molecule has 2 aromatic carbocycles. The number of sulfonamides is 1. The highest BCUT2D eigenvalue weighted by atomic mass is 32.2. The quantitative estimate of drug-likeness (QED) is 0.704. The van der Waals surface area contributed by atoms with Crippen LogP contribution in [0.3, 0.4) is 0 Å². The van der Waals surface area contributed by atoms with Gasteiger partial charge >= 0.3 is 6.09 Å². The average molecular weight is 448 g/mol. The minimum atomic E-state index is -3.78. The van der Waals surface area contributed by atoms with Gasteiger partial charge in [-0.2, -0.15) is 4.31 Å². The van der Waals surface area contributed by atoms with Crippen molar-refractivity contribution in [1.29, 1.82) is 0 Å². The molecular weight excluding hydrogens is 422 g/mol. The summed E-state index contributed by atoms with van der Waals surface area (Å²) in [5.74, 6) is -0.187. The van der Waals surface area contributed by atoms with Crippen LogP contribution in [0.25, 0.3) is 0 Å².